The maximum Gasteiger partial charge on any atom is 0.273 e. The standard InChI is InChI=1S/C9H8FN5O4S/c1-14-8(12-13-9(14)20(11,18)19)6-3-2-5(15(16)17)4-7(6)10/h2-4H,1H3,(H2,11,18,19). The van der Waals surface area contributed by atoms with Crippen molar-refractivity contribution in [3.05, 3.63) is 34.1 Å². The van der Waals surface area contributed by atoms with Crippen molar-refractivity contribution < 1.29 is 17.7 Å². The minimum absolute atomic E-state index is 0.110. The summed E-state index contributed by atoms with van der Waals surface area (Å²) < 4.78 is 37.2. The lowest BCUT2D eigenvalue weighted by Gasteiger charge is -2.03. The molecule has 1 aromatic carbocycles. The highest BCUT2D eigenvalue weighted by atomic mass is 32.2. The van der Waals surface area contributed by atoms with Crippen molar-refractivity contribution in [1.82, 2.24) is 14.8 Å². The molecule has 0 bridgehead atoms. The van der Waals surface area contributed by atoms with Gasteiger partial charge in [-0.2, -0.15) is 0 Å². The van der Waals surface area contributed by atoms with E-state index >= 15 is 0 Å². The monoisotopic (exact) mass is 301 g/mol. The lowest BCUT2D eigenvalue weighted by Crippen LogP contribution is -2.17. The fourth-order valence-corrected chi connectivity index (χ4v) is 2.22. The Morgan fingerprint density at radius 3 is 2.50 bits per heavy atom. The summed E-state index contributed by atoms with van der Waals surface area (Å²) in [6, 6.07) is 2.90. The van der Waals surface area contributed by atoms with Crippen LogP contribution in [0.25, 0.3) is 11.4 Å². The van der Waals surface area contributed by atoms with Crippen LogP contribution < -0.4 is 5.14 Å². The van der Waals surface area contributed by atoms with Crippen molar-refractivity contribution in [2.75, 3.05) is 0 Å². The molecule has 0 fully saturated rings. The number of nitrogens with two attached hydrogens (primary N) is 1. The van der Waals surface area contributed by atoms with E-state index in [2.05, 4.69) is 10.2 Å². The van der Waals surface area contributed by atoms with E-state index in [1.165, 1.54) is 7.05 Å². The molecule has 0 aliphatic rings. The van der Waals surface area contributed by atoms with Gasteiger partial charge >= 0.3 is 0 Å². The van der Waals surface area contributed by atoms with Gasteiger partial charge in [0.25, 0.3) is 20.9 Å². The van der Waals surface area contributed by atoms with E-state index in [1.807, 2.05) is 0 Å². The number of primary sulfonamides is 1. The quantitative estimate of drug-likeness (QED) is 0.634. The van der Waals surface area contributed by atoms with Crippen LogP contribution in [0.5, 0.6) is 0 Å². The second kappa shape index (κ2) is 4.61. The number of rotatable bonds is 3. The molecule has 20 heavy (non-hydrogen) atoms. The average Bonchev–Trinajstić information content (AvgIpc) is 2.70. The molecule has 2 rings (SSSR count). The lowest BCUT2D eigenvalue weighted by atomic mass is 10.2. The summed E-state index contributed by atoms with van der Waals surface area (Å²) in [5, 5.41) is 21.8. The van der Waals surface area contributed by atoms with E-state index in [9.17, 15) is 22.9 Å². The van der Waals surface area contributed by atoms with Gasteiger partial charge < -0.3 is 0 Å². The third kappa shape index (κ3) is 2.35. The van der Waals surface area contributed by atoms with Crippen LogP contribution in [0.2, 0.25) is 0 Å². The van der Waals surface area contributed by atoms with Crippen molar-refractivity contribution in [2.24, 2.45) is 12.2 Å². The van der Waals surface area contributed by atoms with Gasteiger partial charge in [-0.25, -0.2) is 17.9 Å². The summed E-state index contributed by atoms with van der Waals surface area (Å²) in [4.78, 5) is 9.76. The topological polar surface area (TPSA) is 134 Å². The van der Waals surface area contributed by atoms with Gasteiger partial charge in [-0.3, -0.25) is 14.7 Å². The molecule has 2 aromatic rings. The Kier molecular flexibility index (Phi) is 3.23. The molecule has 0 aliphatic heterocycles. The Balaban J connectivity index is 2.59. The molecule has 0 saturated heterocycles. The Labute approximate surface area is 112 Å². The smallest absolute Gasteiger partial charge is 0.273 e. The molecule has 2 N–H and O–H groups in total. The Bertz CT molecular complexity index is 801. The summed E-state index contributed by atoms with van der Waals surface area (Å²) in [5.74, 6) is -1.03. The second-order valence-electron chi connectivity index (χ2n) is 3.83. The van der Waals surface area contributed by atoms with Crippen LogP contribution in [0.3, 0.4) is 0 Å². The molecule has 0 radical (unpaired) electrons. The normalized spacial score (nSPS) is 11.6. The number of nitro groups is 1. The average molecular weight is 301 g/mol. The molecule has 0 saturated carbocycles. The van der Waals surface area contributed by atoms with Crippen LogP contribution in [0, 0.1) is 15.9 Å². The van der Waals surface area contributed by atoms with Crippen molar-refractivity contribution in [3.8, 4) is 11.4 Å². The highest BCUT2D eigenvalue weighted by molar-refractivity contribution is 7.89. The largest absolute Gasteiger partial charge is 0.300 e. The first-order chi connectivity index (χ1) is 9.21. The van der Waals surface area contributed by atoms with Gasteiger partial charge in [0.05, 0.1) is 16.6 Å². The van der Waals surface area contributed by atoms with Crippen molar-refractivity contribution in [2.45, 2.75) is 5.16 Å². The number of non-ortho nitro benzene ring substituents is 1. The molecule has 0 spiro atoms. The molecule has 0 unspecified atom stereocenters. The molecular weight excluding hydrogens is 293 g/mol. The summed E-state index contributed by atoms with van der Waals surface area (Å²) in [6.07, 6.45) is 0. The van der Waals surface area contributed by atoms with Gasteiger partial charge in [-0.05, 0) is 6.07 Å². The van der Waals surface area contributed by atoms with E-state index in [0.717, 1.165) is 16.7 Å². The van der Waals surface area contributed by atoms with Crippen LogP contribution in [0.1, 0.15) is 0 Å². The SMILES string of the molecule is Cn1c(-c2ccc([N+](=O)[O-])cc2F)nnc1S(N)(=O)=O. The number of benzene rings is 1. The van der Waals surface area contributed by atoms with Crippen LogP contribution in [-0.4, -0.2) is 28.1 Å². The van der Waals surface area contributed by atoms with Gasteiger partial charge in [0.2, 0.25) is 0 Å². The minimum Gasteiger partial charge on any atom is -0.300 e. The van der Waals surface area contributed by atoms with Crippen LogP contribution in [0.4, 0.5) is 10.1 Å². The summed E-state index contributed by atoms with van der Waals surface area (Å²) in [6.45, 7) is 0. The van der Waals surface area contributed by atoms with Gasteiger partial charge in [0.1, 0.15) is 5.82 Å². The molecule has 106 valence electrons. The summed E-state index contributed by atoms with van der Waals surface area (Å²) in [5.41, 5.74) is -0.555. The molecule has 0 amide bonds. The van der Waals surface area contributed by atoms with Crippen molar-refractivity contribution in [1.29, 1.82) is 0 Å². The highest BCUT2D eigenvalue weighted by Gasteiger charge is 2.22. The molecule has 11 heteroatoms. The molecule has 0 atom stereocenters. The van der Waals surface area contributed by atoms with E-state index in [4.69, 9.17) is 5.14 Å². The van der Waals surface area contributed by atoms with Crippen LogP contribution in [-0.2, 0) is 17.1 Å². The van der Waals surface area contributed by atoms with E-state index < -0.39 is 31.6 Å². The number of nitro benzene ring substituents is 1. The molecule has 1 heterocycles. The third-order valence-corrected chi connectivity index (χ3v) is 3.36. The van der Waals surface area contributed by atoms with Crippen molar-refractivity contribution >= 4 is 15.7 Å². The summed E-state index contributed by atoms with van der Waals surface area (Å²) in [7, 11) is -2.81. The molecular formula is C9H8FN5O4S. The Morgan fingerprint density at radius 2 is 2.05 bits per heavy atom. The zero-order valence-electron chi connectivity index (χ0n) is 10.0. The van der Waals surface area contributed by atoms with E-state index in [1.54, 1.807) is 0 Å². The number of halogens is 1. The van der Waals surface area contributed by atoms with Crippen LogP contribution in [0.15, 0.2) is 23.4 Å². The highest BCUT2D eigenvalue weighted by Crippen LogP contribution is 2.25. The van der Waals surface area contributed by atoms with Gasteiger partial charge in [-0.15, -0.1) is 10.2 Å². The Morgan fingerprint density at radius 1 is 1.40 bits per heavy atom. The van der Waals surface area contributed by atoms with Crippen LogP contribution >= 0.6 is 0 Å². The first kappa shape index (κ1) is 14.0. The zero-order chi connectivity index (χ0) is 15.1. The first-order valence-electron chi connectivity index (χ1n) is 5.08. The van der Waals surface area contributed by atoms with E-state index in [0.29, 0.717) is 6.07 Å². The Hall–Kier alpha value is -2.40. The first-order valence-corrected chi connectivity index (χ1v) is 6.63. The number of aromatic nitrogens is 3. The predicted octanol–water partition coefficient (Wildman–Crippen LogP) is 0.177. The predicted molar refractivity (Wildman–Crippen MR) is 64.4 cm³/mol. The zero-order valence-corrected chi connectivity index (χ0v) is 10.8. The minimum atomic E-state index is -4.10. The third-order valence-electron chi connectivity index (χ3n) is 2.49. The van der Waals surface area contributed by atoms with E-state index in [-0.39, 0.29) is 11.4 Å². The maximum atomic E-state index is 13.8. The molecule has 0 aliphatic carbocycles. The fourth-order valence-electron chi connectivity index (χ4n) is 1.60. The maximum absolute atomic E-state index is 13.8. The summed E-state index contributed by atoms with van der Waals surface area (Å²) >= 11 is 0. The van der Waals surface area contributed by atoms with Gasteiger partial charge in [0.15, 0.2) is 5.82 Å². The molecule has 9 nitrogen and oxygen atoms in total. The van der Waals surface area contributed by atoms with Gasteiger partial charge in [-0.1, -0.05) is 0 Å². The fraction of sp³-hybridized carbons (Fsp3) is 0.111. The number of hydrogen-bond acceptors (Lipinski definition) is 6. The van der Waals surface area contributed by atoms with Gasteiger partial charge in [0, 0.05) is 13.1 Å². The van der Waals surface area contributed by atoms with Crippen molar-refractivity contribution in [3.63, 3.8) is 0 Å². The number of hydrogen-bond donors (Lipinski definition) is 1. The lowest BCUT2D eigenvalue weighted by molar-refractivity contribution is -0.385. The second-order valence-corrected chi connectivity index (χ2v) is 5.29. The number of sulfonamides is 1. The molecule has 1 aromatic heterocycles. The number of nitrogens with zero attached hydrogens (tertiary/aromatic N) is 4.